The third-order valence-corrected chi connectivity index (χ3v) is 4.66. The molecule has 4 N–H and O–H groups in total. The van der Waals surface area contributed by atoms with Crippen LogP contribution in [0.5, 0.6) is 0 Å². The lowest BCUT2D eigenvalue weighted by Gasteiger charge is -2.32. The minimum absolute atomic E-state index is 0. The summed E-state index contributed by atoms with van der Waals surface area (Å²) in [5.41, 5.74) is 7.67. The Morgan fingerprint density at radius 2 is 1.72 bits per heavy atom. The highest BCUT2D eigenvalue weighted by Gasteiger charge is 2.18. The molecule has 2 rings (SSSR count). The zero-order valence-electron chi connectivity index (χ0n) is 17.2. The number of amides is 2. The molecule has 10 heteroatoms. The minimum Gasteiger partial charge on any atom is -0.346 e. The number of benzene rings is 1. The van der Waals surface area contributed by atoms with E-state index in [2.05, 4.69) is 33.5 Å². The van der Waals surface area contributed by atoms with Gasteiger partial charge in [-0.2, -0.15) is 0 Å². The van der Waals surface area contributed by atoms with E-state index in [0.29, 0.717) is 0 Å². The largest absolute Gasteiger partial charge is 0.346 e. The molecule has 1 aromatic carbocycles. The van der Waals surface area contributed by atoms with Gasteiger partial charge >= 0.3 is 0 Å². The summed E-state index contributed by atoms with van der Waals surface area (Å²) in [7, 11) is 2.14. The number of carbonyl (C=O) groups excluding carboxylic acids is 2. The summed E-state index contributed by atoms with van der Waals surface area (Å²) < 4.78 is 0. The van der Waals surface area contributed by atoms with Gasteiger partial charge in [-0.25, -0.2) is 0 Å². The first-order chi connectivity index (χ1) is 12.3. The number of nitrogens with one attached hydrogen (secondary N) is 2. The fourth-order valence-corrected chi connectivity index (χ4v) is 2.80. The van der Waals surface area contributed by atoms with Crippen LogP contribution in [0.2, 0.25) is 0 Å². The van der Waals surface area contributed by atoms with Gasteiger partial charge in [-0.15, -0.1) is 37.2 Å². The first kappa shape index (κ1) is 30.1. The Morgan fingerprint density at radius 3 is 2.31 bits per heavy atom. The molecule has 1 fully saturated rings. The first-order valence-electron chi connectivity index (χ1n) is 9.18. The average molecular weight is 471 g/mol. The Kier molecular flexibility index (Phi) is 15.4. The molecule has 1 saturated heterocycles. The van der Waals surface area contributed by atoms with Gasteiger partial charge in [0.25, 0.3) is 0 Å². The van der Waals surface area contributed by atoms with E-state index in [4.69, 9.17) is 5.73 Å². The van der Waals surface area contributed by atoms with Crippen molar-refractivity contribution in [2.24, 2.45) is 11.7 Å². The maximum atomic E-state index is 12.1. The lowest BCUT2D eigenvalue weighted by molar-refractivity contribution is -0.125. The van der Waals surface area contributed by atoms with Crippen molar-refractivity contribution < 1.29 is 9.59 Å². The van der Waals surface area contributed by atoms with Crippen LogP contribution < -0.4 is 16.4 Å². The van der Waals surface area contributed by atoms with Crippen molar-refractivity contribution in [2.45, 2.75) is 26.4 Å². The van der Waals surface area contributed by atoms with E-state index in [1.54, 1.807) is 0 Å². The Balaban J connectivity index is 0. The van der Waals surface area contributed by atoms with E-state index in [-0.39, 0.29) is 61.5 Å². The summed E-state index contributed by atoms with van der Waals surface area (Å²) in [4.78, 5) is 28.6. The Bertz CT molecular complexity index is 626. The molecule has 0 aromatic heterocycles. The van der Waals surface area contributed by atoms with Crippen molar-refractivity contribution in [3.05, 3.63) is 29.8 Å². The van der Waals surface area contributed by atoms with Gasteiger partial charge in [0.1, 0.15) is 0 Å². The molecule has 2 amide bonds. The lowest BCUT2D eigenvalue weighted by atomic mass is 10.1. The Labute approximate surface area is 192 Å². The van der Waals surface area contributed by atoms with E-state index < -0.39 is 6.04 Å². The molecule has 1 atom stereocenters. The number of hydrogen-bond donors (Lipinski definition) is 3. The monoisotopic (exact) mass is 469 g/mol. The summed E-state index contributed by atoms with van der Waals surface area (Å²) in [6, 6.07) is 7.24. The van der Waals surface area contributed by atoms with Gasteiger partial charge in [-0.05, 0) is 30.7 Å². The molecule has 0 saturated carbocycles. The van der Waals surface area contributed by atoms with Gasteiger partial charge in [-0.1, -0.05) is 26.0 Å². The van der Waals surface area contributed by atoms with E-state index >= 15 is 0 Å². The fraction of sp³-hybridized carbons (Fsp3) is 0.579. The predicted octanol–water partition coefficient (Wildman–Crippen LogP) is 1.74. The van der Waals surface area contributed by atoms with Gasteiger partial charge in [0.05, 0.1) is 12.6 Å². The summed E-state index contributed by atoms with van der Waals surface area (Å²) in [6.45, 7) is 8.79. The van der Waals surface area contributed by atoms with Crippen LogP contribution in [-0.2, 0) is 16.1 Å². The van der Waals surface area contributed by atoms with Gasteiger partial charge < -0.3 is 21.3 Å². The number of nitrogens with zero attached hydrogens (tertiary/aromatic N) is 2. The van der Waals surface area contributed by atoms with E-state index in [1.807, 2.05) is 32.0 Å². The SMILES string of the molecule is CC(C)[C@H](N)C(=O)NCC(=O)Nc1cccc(CN2CCN(C)CC2)c1.Cl.Cl.Cl. The van der Waals surface area contributed by atoms with Crippen molar-refractivity contribution in [1.29, 1.82) is 0 Å². The number of anilines is 1. The van der Waals surface area contributed by atoms with Crippen LogP contribution in [0.1, 0.15) is 19.4 Å². The highest BCUT2D eigenvalue weighted by Crippen LogP contribution is 2.13. The molecule has 29 heavy (non-hydrogen) atoms. The number of piperazine rings is 1. The van der Waals surface area contributed by atoms with Crippen LogP contribution in [0.15, 0.2) is 24.3 Å². The molecule has 0 aliphatic carbocycles. The third-order valence-electron chi connectivity index (χ3n) is 4.66. The van der Waals surface area contributed by atoms with Crippen LogP contribution >= 0.6 is 37.2 Å². The molecular weight excluding hydrogens is 437 g/mol. The number of likely N-dealkylation sites (N-methyl/N-ethyl adjacent to an activating group) is 1. The normalized spacial score (nSPS) is 15.3. The number of hydrogen-bond acceptors (Lipinski definition) is 5. The molecule has 7 nitrogen and oxygen atoms in total. The van der Waals surface area contributed by atoms with Crippen LogP contribution in [0.4, 0.5) is 5.69 Å². The average Bonchev–Trinajstić information content (AvgIpc) is 2.61. The molecule has 0 radical (unpaired) electrons. The molecule has 1 aliphatic heterocycles. The summed E-state index contributed by atoms with van der Waals surface area (Å²) in [6.07, 6.45) is 0. The summed E-state index contributed by atoms with van der Waals surface area (Å²) in [5, 5.41) is 5.41. The van der Waals surface area contributed by atoms with Crippen LogP contribution in [0.3, 0.4) is 0 Å². The molecule has 1 heterocycles. The second-order valence-corrected chi connectivity index (χ2v) is 7.32. The maximum Gasteiger partial charge on any atom is 0.243 e. The van der Waals surface area contributed by atoms with Crippen LogP contribution in [0.25, 0.3) is 0 Å². The molecular formula is C19H34Cl3N5O2. The van der Waals surface area contributed by atoms with Crippen molar-refractivity contribution in [2.75, 3.05) is 45.1 Å². The highest BCUT2D eigenvalue weighted by molar-refractivity contribution is 5.95. The zero-order chi connectivity index (χ0) is 19.1. The number of rotatable bonds is 7. The quantitative estimate of drug-likeness (QED) is 0.565. The second kappa shape index (κ2) is 14.8. The summed E-state index contributed by atoms with van der Waals surface area (Å²) >= 11 is 0. The van der Waals surface area contributed by atoms with Gasteiger partial charge in [0.15, 0.2) is 0 Å². The van der Waals surface area contributed by atoms with E-state index in [0.717, 1.165) is 38.4 Å². The van der Waals surface area contributed by atoms with E-state index in [9.17, 15) is 9.59 Å². The fourth-order valence-electron chi connectivity index (χ4n) is 2.80. The predicted molar refractivity (Wildman–Crippen MR) is 125 cm³/mol. The van der Waals surface area contributed by atoms with Crippen LogP contribution in [-0.4, -0.2) is 67.4 Å². The van der Waals surface area contributed by atoms with Crippen molar-refractivity contribution >= 4 is 54.7 Å². The first-order valence-corrected chi connectivity index (χ1v) is 9.18. The smallest absolute Gasteiger partial charge is 0.243 e. The Morgan fingerprint density at radius 1 is 1.10 bits per heavy atom. The standard InChI is InChI=1S/C19H31N5O2.3ClH/c1-14(2)18(20)19(26)21-12-17(25)22-16-6-4-5-15(11-16)13-24-9-7-23(3)8-10-24;;;/h4-6,11,14,18H,7-10,12-13,20H2,1-3H3,(H,21,26)(H,22,25);3*1H/t18-;;;/m0.../s1. The highest BCUT2D eigenvalue weighted by atomic mass is 35.5. The van der Waals surface area contributed by atoms with Gasteiger partial charge in [-0.3, -0.25) is 14.5 Å². The topological polar surface area (TPSA) is 90.7 Å². The molecule has 168 valence electrons. The molecule has 0 unspecified atom stereocenters. The van der Waals surface area contributed by atoms with Crippen molar-refractivity contribution in [1.82, 2.24) is 15.1 Å². The number of halogens is 3. The van der Waals surface area contributed by atoms with Crippen LogP contribution in [0, 0.1) is 5.92 Å². The number of nitrogens with two attached hydrogens (primary N) is 1. The molecule has 1 aliphatic rings. The van der Waals surface area contributed by atoms with Crippen molar-refractivity contribution in [3.8, 4) is 0 Å². The number of carbonyl (C=O) groups is 2. The van der Waals surface area contributed by atoms with Crippen molar-refractivity contribution in [3.63, 3.8) is 0 Å². The molecule has 0 bridgehead atoms. The second-order valence-electron chi connectivity index (χ2n) is 7.32. The maximum absolute atomic E-state index is 12.1. The van der Waals surface area contributed by atoms with Gasteiger partial charge in [0, 0.05) is 38.4 Å². The molecule has 1 aromatic rings. The minimum atomic E-state index is -0.602. The zero-order valence-corrected chi connectivity index (χ0v) is 19.7. The van der Waals surface area contributed by atoms with Gasteiger partial charge in [0.2, 0.25) is 11.8 Å². The molecule has 0 spiro atoms. The summed E-state index contributed by atoms with van der Waals surface area (Å²) in [5.74, 6) is -0.533. The van der Waals surface area contributed by atoms with E-state index in [1.165, 1.54) is 5.56 Å². The Hall–Kier alpha value is -1.09. The lowest BCUT2D eigenvalue weighted by Crippen LogP contribution is -2.46. The third kappa shape index (κ3) is 10.5.